The molecule has 0 amide bonds. The Labute approximate surface area is 137 Å². The predicted octanol–water partition coefficient (Wildman–Crippen LogP) is 3.67. The maximum Gasteiger partial charge on any atom is 0.358 e. The van der Waals surface area contributed by atoms with Gasteiger partial charge in [0.1, 0.15) is 17.3 Å². The molecule has 0 radical (unpaired) electrons. The van der Waals surface area contributed by atoms with Crippen molar-refractivity contribution in [3.63, 3.8) is 0 Å². The van der Waals surface area contributed by atoms with Crippen molar-refractivity contribution in [1.29, 1.82) is 0 Å². The third-order valence-electron chi connectivity index (χ3n) is 3.08. The fourth-order valence-corrected chi connectivity index (χ4v) is 2.40. The molecule has 0 spiro atoms. The summed E-state index contributed by atoms with van der Waals surface area (Å²) in [6.07, 6.45) is 0. The van der Waals surface area contributed by atoms with Gasteiger partial charge in [0.2, 0.25) is 0 Å². The topological polar surface area (TPSA) is 68.0 Å². The van der Waals surface area contributed by atoms with E-state index in [1.807, 2.05) is 0 Å². The van der Waals surface area contributed by atoms with Crippen LogP contribution in [0, 0.1) is 11.6 Å². The van der Waals surface area contributed by atoms with E-state index in [1.54, 1.807) is 24.3 Å². The van der Waals surface area contributed by atoms with Crippen molar-refractivity contribution < 1.29 is 18.7 Å². The monoisotopic (exact) mass is 379 g/mol. The molecule has 0 bridgehead atoms. The largest absolute Gasteiger partial charge is 0.476 e. The van der Waals surface area contributed by atoms with Crippen molar-refractivity contribution in [3.05, 3.63) is 64.3 Å². The highest BCUT2D eigenvalue weighted by molar-refractivity contribution is 9.10. The number of hydrogen-bond acceptors (Lipinski definition) is 3. The van der Waals surface area contributed by atoms with E-state index in [4.69, 9.17) is 0 Å². The Morgan fingerprint density at radius 2 is 1.70 bits per heavy atom. The number of aromatic nitrogens is 3. The number of rotatable bonds is 3. The maximum absolute atomic E-state index is 13.5. The molecule has 0 saturated carbocycles. The van der Waals surface area contributed by atoms with E-state index in [0.717, 1.165) is 16.6 Å². The summed E-state index contributed by atoms with van der Waals surface area (Å²) in [4.78, 5) is 11.4. The molecular weight excluding hydrogens is 372 g/mol. The summed E-state index contributed by atoms with van der Waals surface area (Å²) in [5.41, 5.74) is 0.150. The fourth-order valence-electron chi connectivity index (χ4n) is 2.14. The Kier molecular flexibility index (Phi) is 3.91. The van der Waals surface area contributed by atoms with E-state index in [1.165, 1.54) is 4.68 Å². The minimum Gasteiger partial charge on any atom is -0.476 e. The highest BCUT2D eigenvalue weighted by Crippen LogP contribution is 2.27. The zero-order valence-electron chi connectivity index (χ0n) is 11.4. The van der Waals surface area contributed by atoms with Crippen LogP contribution in [0.3, 0.4) is 0 Å². The van der Waals surface area contributed by atoms with Crippen LogP contribution in [0.4, 0.5) is 8.78 Å². The first-order valence-electron chi connectivity index (χ1n) is 6.37. The molecule has 23 heavy (non-hydrogen) atoms. The first-order valence-corrected chi connectivity index (χ1v) is 7.16. The van der Waals surface area contributed by atoms with Crippen LogP contribution >= 0.6 is 15.9 Å². The first-order chi connectivity index (χ1) is 11.0. The van der Waals surface area contributed by atoms with Crippen LogP contribution in [-0.4, -0.2) is 26.1 Å². The van der Waals surface area contributed by atoms with Gasteiger partial charge < -0.3 is 5.11 Å². The van der Waals surface area contributed by atoms with Gasteiger partial charge >= 0.3 is 5.97 Å². The highest BCUT2D eigenvalue weighted by Gasteiger charge is 2.22. The summed E-state index contributed by atoms with van der Waals surface area (Å²) in [6.45, 7) is 0. The lowest BCUT2D eigenvalue weighted by molar-refractivity contribution is 0.0691. The molecule has 8 heteroatoms. The lowest BCUT2D eigenvalue weighted by atomic mass is 10.1. The predicted molar refractivity (Wildman–Crippen MR) is 81.4 cm³/mol. The summed E-state index contributed by atoms with van der Waals surface area (Å²) in [7, 11) is 0. The Balaban J connectivity index is 2.26. The number of carboxylic acid groups (broad SMARTS) is 1. The Morgan fingerprint density at radius 1 is 1.09 bits per heavy atom. The molecule has 1 aromatic heterocycles. The third kappa shape index (κ3) is 2.98. The van der Waals surface area contributed by atoms with Crippen LogP contribution in [0.2, 0.25) is 0 Å². The van der Waals surface area contributed by atoms with Gasteiger partial charge in [-0.25, -0.2) is 18.3 Å². The Bertz CT molecular complexity index is 874. The van der Waals surface area contributed by atoms with Gasteiger partial charge in [0.15, 0.2) is 5.69 Å². The zero-order chi connectivity index (χ0) is 16.6. The van der Waals surface area contributed by atoms with Crippen molar-refractivity contribution in [2.75, 3.05) is 0 Å². The van der Waals surface area contributed by atoms with Gasteiger partial charge in [-0.3, -0.25) is 0 Å². The number of nitrogens with zero attached hydrogens (tertiary/aromatic N) is 3. The van der Waals surface area contributed by atoms with Gasteiger partial charge in [0.05, 0.1) is 5.69 Å². The van der Waals surface area contributed by atoms with Gasteiger partial charge in [-0.15, -0.1) is 5.10 Å². The molecule has 0 aliphatic heterocycles. The van der Waals surface area contributed by atoms with E-state index in [0.29, 0.717) is 11.8 Å². The summed E-state index contributed by atoms with van der Waals surface area (Å²) in [5.74, 6) is -2.98. The minimum absolute atomic E-state index is 0.00165. The van der Waals surface area contributed by atoms with Gasteiger partial charge in [0.25, 0.3) is 0 Å². The lowest BCUT2D eigenvalue weighted by Crippen LogP contribution is -2.03. The van der Waals surface area contributed by atoms with Gasteiger partial charge in [-0.1, -0.05) is 21.1 Å². The summed E-state index contributed by atoms with van der Waals surface area (Å²) in [5, 5.41) is 16.7. The standard InChI is InChI=1S/C15H8BrF2N3O2/c16-9-1-3-12(4-2-9)21-14(13(15(22)23)19-20-21)8-5-10(17)7-11(18)6-8/h1-7H,(H,22,23). The van der Waals surface area contributed by atoms with Crippen LogP contribution in [0.15, 0.2) is 46.9 Å². The minimum atomic E-state index is -1.34. The highest BCUT2D eigenvalue weighted by atomic mass is 79.9. The second-order valence-electron chi connectivity index (χ2n) is 4.64. The van der Waals surface area contributed by atoms with E-state index in [2.05, 4.69) is 26.2 Å². The SMILES string of the molecule is O=C(O)c1nnn(-c2ccc(Br)cc2)c1-c1cc(F)cc(F)c1. The Hall–Kier alpha value is -2.61. The number of carboxylic acids is 1. The summed E-state index contributed by atoms with van der Waals surface area (Å²) >= 11 is 3.29. The second-order valence-corrected chi connectivity index (χ2v) is 5.55. The number of hydrogen-bond donors (Lipinski definition) is 1. The smallest absolute Gasteiger partial charge is 0.358 e. The molecule has 0 aliphatic carbocycles. The molecule has 0 unspecified atom stereocenters. The number of benzene rings is 2. The van der Waals surface area contributed by atoms with Crippen molar-refractivity contribution in [3.8, 4) is 16.9 Å². The van der Waals surface area contributed by atoms with Crippen LogP contribution < -0.4 is 0 Å². The van der Waals surface area contributed by atoms with Crippen LogP contribution in [0.25, 0.3) is 16.9 Å². The molecule has 0 atom stereocenters. The van der Waals surface area contributed by atoms with Crippen LogP contribution in [-0.2, 0) is 0 Å². The molecule has 0 saturated heterocycles. The Morgan fingerprint density at radius 3 is 2.26 bits per heavy atom. The molecule has 2 aromatic carbocycles. The molecule has 3 rings (SSSR count). The van der Waals surface area contributed by atoms with Gasteiger partial charge in [0, 0.05) is 16.1 Å². The maximum atomic E-state index is 13.5. The third-order valence-corrected chi connectivity index (χ3v) is 3.61. The van der Waals surface area contributed by atoms with Crippen molar-refractivity contribution in [2.45, 2.75) is 0 Å². The van der Waals surface area contributed by atoms with Crippen molar-refractivity contribution in [2.24, 2.45) is 0 Å². The summed E-state index contributed by atoms with van der Waals surface area (Å²) < 4.78 is 29.0. The van der Waals surface area contributed by atoms with Crippen molar-refractivity contribution in [1.82, 2.24) is 15.0 Å². The summed E-state index contributed by atoms with van der Waals surface area (Å²) in [6, 6.07) is 9.57. The molecule has 5 nitrogen and oxygen atoms in total. The zero-order valence-corrected chi connectivity index (χ0v) is 13.0. The quantitative estimate of drug-likeness (QED) is 0.753. The molecule has 0 aliphatic rings. The molecule has 116 valence electrons. The second kappa shape index (κ2) is 5.88. The lowest BCUT2D eigenvalue weighted by Gasteiger charge is -2.08. The normalized spacial score (nSPS) is 10.7. The average Bonchev–Trinajstić information content (AvgIpc) is 2.92. The molecular formula is C15H8BrF2N3O2. The number of halogens is 3. The number of carbonyl (C=O) groups is 1. The van der Waals surface area contributed by atoms with E-state index in [-0.39, 0.29) is 11.3 Å². The fraction of sp³-hybridized carbons (Fsp3) is 0. The molecule has 1 N–H and O–H groups in total. The van der Waals surface area contributed by atoms with E-state index in [9.17, 15) is 18.7 Å². The molecule has 3 aromatic rings. The molecule has 1 heterocycles. The van der Waals surface area contributed by atoms with E-state index >= 15 is 0 Å². The van der Waals surface area contributed by atoms with Gasteiger partial charge in [-0.2, -0.15) is 0 Å². The van der Waals surface area contributed by atoms with E-state index < -0.39 is 23.3 Å². The first kappa shape index (κ1) is 15.3. The number of aromatic carboxylic acids is 1. The average molecular weight is 380 g/mol. The van der Waals surface area contributed by atoms with Crippen molar-refractivity contribution >= 4 is 21.9 Å². The molecule has 0 fully saturated rings. The van der Waals surface area contributed by atoms with Crippen LogP contribution in [0.5, 0.6) is 0 Å². The van der Waals surface area contributed by atoms with Gasteiger partial charge in [-0.05, 0) is 36.4 Å². The van der Waals surface area contributed by atoms with Crippen LogP contribution in [0.1, 0.15) is 10.5 Å².